The van der Waals surface area contributed by atoms with Crippen molar-refractivity contribution < 1.29 is 9.59 Å². The van der Waals surface area contributed by atoms with Crippen LogP contribution in [-0.2, 0) is 11.3 Å². The number of anilines is 1. The monoisotopic (exact) mass is 427 g/mol. The Hall–Kier alpha value is -2.21. The van der Waals surface area contributed by atoms with Gasteiger partial charge in [0.25, 0.3) is 0 Å². The zero-order valence-corrected chi connectivity index (χ0v) is 19.0. The molecule has 1 aliphatic rings. The van der Waals surface area contributed by atoms with Gasteiger partial charge in [-0.15, -0.1) is 0 Å². The van der Waals surface area contributed by atoms with Crippen LogP contribution in [0.5, 0.6) is 0 Å². The number of aryl methyl sites for hydroxylation is 2. The van der Waals surface area contributed by atoms with E-state index in [1.54, 1.807) is 19.1 Å². The smallest absolute Gasteiger partial charge is 0.238 e. The summed E-state index contributed by atoms with van der Waals surface area (Å²) in [4.78, 5) is 29.0. The van der Waals surface area contributed by atoms with Crippen molar-refractivity contribution in [3.05, 3.63) is 63.2 Å². The number of ketones is 1. The molecule has 2 aromatic carbocycles. The highest BCUT2D eigenvalue weighted by atomic mass is 35.5. The number of hydrogen-bond donors (Lipinski definition) is 1. The normalized spacial score (nSPS) is 15.2. The Labute approximate surface area is 184 Å². The molecule has 0 aromatic heterocycles. The second-order valence-electron chi connectivity index (χ2n) is 8.13. The van der Waals surface area contributed by atoms with Crippen molar-refractivity contribution in [3.63, 3.8) is 0 Å². The highest BCUT2D eigenvalue weighted by molar-refractivity contribution is 6.33. The van der Waals surface area contributed by atoms with Crippen LogP contribution in [0.3, 0.4) is 0 Å². The van der Waals surface area contributed by atoms with Gasteiger partial charge in [0.05, 0.1) is 17.3 Å². The van der Waals surface area contributed by atoms with Crippen LogP contribution in [0, 0.1) is 20.8 Å². The van der Waals surface area contributed by atoms with Gasteiger partial charge >= 0.3 is 0 Å². The van der Waals surface area contributed by atoms with E-state index < -0.39 is 0 Å². The Morgan fingerprint density at radius 1 is 1.00 bits per heavy atom. The molecule has 0 spiro atoms. The summed E-state index contributed by atoms with van der Waals surface area (Å²) in [7, 11) is 0. The summed E-state index contributed by atoms with van der Waals surface area (Å²) in [6.07, 6.45) is 0. The van der Waals surface area contributed by atoms with Crippen molar-refractivity contribution in [1.82, 2.24) is 9.80 Å². The molecule has 1 saturated heterocycles. The van der Waals surface area contributed by atoms with Crippen molar-refractivity contribution >= 4 is 29.0 Å². The molecule has 3 rings (SSSR count). The molecule has 1 N–H and O–H groups in total. The van der Waals surface area contributed by atoms with Crippen LogP contribution in [0.15, 0.2) is 30.3 Å². The van der Waals surface area contributed by atoms with E-state index in [0.29, 0.717) is 17.3 Å². The molecule has 1 heterocycles. The zero-order valence-electron chi connectivity index (χ0n) is 18.2. The van der Waals surface area contributed by atoms with Crippen molar-refractivity contribution in [1.29, 1.82) is 0 Å². The number of benzene rings is 2. The number of para-hydroxylation sites is 1. The first-order chi connectivity index (χ1) is 14.3. The lowest BCUT2D eigenvalue weighted by atomic mass is 9.91. The first-order valence-corrected chi connectivity index (χ1v) is 10.7. The maximum atomic E-state index is 12.4. The van der Waals surface area contributed by atoms with Gasteiger partial charge in [0.15, 0.2) is 5.78 Å². The summed E-state index contributed by atoms with van der Waals surface area (Å²) < 4.78 is 0. The quantitative estimate of drug-likeness (QED) is 0.701. The molecule has 0 saturated carbocycles. The van der Waals surface area contributed by atoms with Crippen molar-refractivity contribution in [2.45, 2.75) is 34.2 Å². The number of nitrogens with zero attached hydrogens (tertiary/aromatic N) is 2. The number of rotatable bonds is 6. The van der Waals surface area contributed by atoms with E-state index in [0.717, 1.165) is 49.4 Å². The van der Waals surface area contributed by atoms with Gasteiger partial charge in [0, 0.05) is 38.3 Å². The fourth-order valence-corrected chi connectivity index (χ4v) is 4.48. The molecule has 0 atom stereocenters. The fourth-order valence-electron chi connectivity index (χ4n) is 4.30. The molecular weight excluding hydrogens is 398 g/mol. The molecule has 2 aromatic rings. The SMILES string of the molecule is CC(=O)c1c(C)cc(C)c(CN2CCN(CC(=O)Nc3ccccc3Cl)CC2)c1C. The molecule has 0 aliphatic carbocycles. The largest absolute Gasteiger partial charge is 0.324 e. The van der Waals surface area contributed by atoms with Crippen molar-refractivity contribution in [3.8, 4) is 0 Å². The second kappa shape index (κ2) is 9.73. The van der Waals surface area contributed by atoms with Crippen LogP contribution < -0.4 is 5.32 Å². The first-order valence-electron chi connectivity index (χ1n) is 10.4. The molecule has 1 aliphatic heterocycles. The number of nitrogens with one attached hydrogen (secondary N) is 1. The van der Waals surface area contributed by atoms with E-state index in [-0.39, 0.29) is 11.7 Å². The molecule has 5 nitrogen and oxygen atoms in total. The van der Waals surface area contributed by atoms with E-state index >= 15 is 0 Å². The Balaban J connectivity index is 1.56. The third kappa shape index (κ3) is 5.28. The van der Waals surface area contributed by atoms with E-state index in [1.807, 2.05) is 19.1 Å². The Morgan fingerprint density at radius 2 is 1.63 bits per heavy atom. The predicted octanol–water partition coefficient (Wildman–Crippen LogP) is 4.22. The molecular formula is C24H30ClN3O2. The molecule has 1 amide bonds. The van der Waals surface area contributed by atoms with E-state index in [1.165, 1.54) is 11.1 Å². The number of amides is 1. The van der Waals surface area contributed by atoms with E-state index in [9.17, 15) is 9.59 Å². The number of carbonyl (C=O) groups is 2. The minimum absolute atomic E-state index is 0.0483. The minimum atomic E-state index is -0.0483. The van der Waals surface area contributed by atoms with Crippen LogP contribution in [0.2, 0.25) is 5.02 Å². The van der Waals surface area contributed by atoms with Crippen molar-refractivity contribution in [2.75, 3.05) is 38.0 Å². The second-order valence-corrected chi connectivity index (χ2v) is 8.53. The topological polar surface area (TPSA) is 52.7 Å². The standard InChI is InChI=1S/C24H30ClN3O2/c1-16-13-17(2)24(19(4)29)18(3)20(16)14-27-9-11-28(12-10-27)15-23(30)26-22-8-6-5-7-21(22)25/h5-8,13H,9-12,14-15H2,1-4H3,(H,26,30). The van der Waals surface area contributed by atoms with Crippen LogP contribution >= 0.6 is 11.6 Å². The van der Waals surface area contributed by atoms with Crippen LogP contribution in [0.1, 0.15) is 39.5 Å². The van der Waals surface area contributed by atoms with Gasteiger partial charge in [-0.2, -0.15) is 0 Å². The summed E-state index contributed by atoms with van der Waals surface area (Å²) in [6.45, 7) is 12.5. The average Bonchev–Trinajstić information content (AvgIpc) is 2.67. The lowest BCUT2D eigenvalue weighted by Gasteiger charge is -2.35. The number of halogens is 1. The maximum Gasteiger partial charge on any atom is 0.238 e. The van der Waals surface area contributed by atoms with E-state index in [2.05, 4.69) is 35.0 Å². The van der Waals surface area contributed by atoms with Crippen LogP contribution in [-0.4, -0.2) is 54.2 Å². The summed E-state index contributed by atoms with van der Waals surface area (Å²) >= 11 is 6.12. The third-order valence-electron chi connectivity index (χ3n) is 5.84. The molecule has 160 valence electrons. The Bertz CT molecular complexity index is 950. The minimum Gasteiger partial charge on any atom is -0.324 e. The Morgan fingerprint density at radius 3 is 2.27 bits per heavy atom. The average molecular weight is 428 g/mol. The zero-order chi connectivity index (χ0) is 21.8. The van der Waals surface area contributed by atoms with Crippen molar-refractivity contribution in [2.24, 2.45) is 0 Å². The van der Waals surface area contributed by atoms with Crippen LogP contribution in [0.4, 0.5) is 5.69 Å². The number of piperazine rings is 1. The number of carbonyl (C=O) groups excluding carboxylic acids is 2. The summed E-state index contributed by atoms with van der Waals surface area (Å²) in [6, 6.07) is 9.39. The third-order valence-corrected chi connectivity index (χ3v) is 6.17. The van der Waals surface area contributed by atoms with Gasteiger partial charge in [-0.3, -0.25) is 19.4 Å². The highest BCUT2D eigenvalue weighted by Gasteiger charge is 2.22. The molecule has 30 heavy (non-hydrogen) atoms. The van der Waals surface area contributed by atoms with Gasteiger partial charge in [0.1, 0.15) is 0 Å². The lowest BCUT2D eigenvalue weighted by molar-refractivity contribution is -0.117. The Kier molecular flexibility index (Phi) is 7.29. The first kappa shape index (κ1) is 22.5. The fraction of sp³-hybridized carbons (Fsp3) is 0.417. The van der Waals surface area contributed by atoms with Gasteiger partial charge in [0.2, 0.25) is 5.91 Å². The number of hydrogen-bond acceptors (Lipinski definition) is 4. The van der Waals surface area contributed by atoms with Gasteiger partial charge in [-0.05, 0) is 62.1 Å². The van der Waals surface area contributed by atoms with Gasteiger partial charge < -0.3 is 5.32 Å². The molecule has 0 unspecified atom stereocenters. The van der Waals surface area contributed by atoms with Gasteiger partial charge in [-0.1, -0.05) is 29.8 Å². The summed E-state index contributed by atoms with van der Waals surface area (Å²) in [5, 5.41) is 3.43. The highest BCUT2D eigenvalue weighted by Crippen LogP contribution is 2.25. The van der Waals surface area contributed by atoms with Crippen LogP contribution in [0.25, 0.3) is 0 Å². The molecule has 0 bridgehead atoms. The summed E-state index contributed by atoms with van der Waals surface area (Å²) in [5.74, 6) is 0.0773. The maximum absolute atomic E-state index is 12.4. The summed E-state index contributed by atoms with van der Waals surface area (Å²) in [5.41, 5.74) is 6.13. The van der Waals surface area contributed by atoms with Gasteiger partial charge in [-0.25, -0.2) is 0 Å². The van der Waals surface area contributed by atoms with E-state index in [4.69, 9.17) is 11.6 Å². The molecule has 1 fully saturated rings. The molecule has 0 radical (unpaired) electrons. The number of Topliss-reactive ketones (excluding diaryl/α,β-unsaturated/α-hetero) is 1. The predicted molar refractivity (Wildman–Crippen MR) is 122 cm³/mol. The lowest BCUT2D eigenvalue weighted by Crippen LogP contribution is -2.48. The molecule has 6 heteroatoms.